The van der Waals surface area contributed by atoms with Crippen LogP contribution < -0.4 is 0 Å². The molecule has 0 unspecified atom stereocenters. The summed E-state index contributed by atoms with van der Waals surface area (Å²) in [4.78, 5) is 12.4. The number of hydrogen-bond acceptors (Lipinski definition) is 1. The summed E-state index contributed by atoms with van der Waals surface area (Å²) < 4.78 is 37.9. The highest BCUT2D eigenvalue weighted by molar-refractivity contribution is 9.10. The lowest BCUT2D eigenvalue weighted by Crippen LogP contribution is -2.31. The molecule has 1 amide bonds. The maximum atomic E-state index is 13.3. The largest absolute Gasteiger partial charge is 0.336 e. The van der Waals surface area contributed by atoms with Crippen LogP contribution in [0.4, 0.5) is 13.2 Å². The van der Waals surface area contributed by atoms with E-state index in [1.54, 1.807) is 0 Å². The van der Waals surface area contributed by atoms with Crippen molar-refractivity contribution < 1.29 is 18.0 Å². The Bertz CT molecular complexity index is 398. The van der Waals surface area contributed by atoms with Gasteiger partial charge in [0.05, 0.1) is 12.1 Å². The Morgan fingerprint density at radius 1 is 1.50 bits per heavy atom. The van der Waals surface area contributed by atoms with Crippen molar-refractivity contribution >= 4 is 21.8 Å². The van der Waals surface area contributed by atoms with Crippen LogP contribution >= 0.6 is 15.9 Å². The lowest BCUT2D eigenvalue weighted by Gasteiger charge is -2.16. The fourth-order valence-corrected chi connectivity index (χ4v) is 1.52. The third-order valence-corrected chi connectivity index (χ3v) is 2.41. The van der Waals surface area contributed by atoms with Gasteiger partial charge in [-0.05, 0) is 18.2 Å². The van der Waals surface area contributed by atoms with Gasteiger partial charge in [0, 0.05) is 11.5 Å². The van der Waals surface area contributed by atoms with E-state index < -0.39 is 24.7 Å². The van der Waals surface area contributed by atoms with E-state index in [0.29, 0.717) is 4.47 Å². The molecule has 1 aromatic carbocycles. The topological polar surface area (TPSA) is 20.3 Å². The first-order chi connectivity index (χ1) is 7.41. The first-order valence-corrected chi connectivity index (χ1v) is 5.19. The molecule has 2 nitrogen and oxygen atoms in total. The minimum atomic E-state index is -2.64. The van der Waals surface area contributed by atoms with E-state index in [9.17, 15) is 18.0 Å². The van der Waals surface area contributed by atoms with Crippen molar-refractivity contribution in [1.29, 1.82) is 0 Å². The third-order valence-electron chi connectivity index (χ3n) is 1.92. The average Bonchev–Trinajstić information content (AvgIpc) is 2.19. The molecule has 0 spiro atoms. The van der Waals surface area contributed by atoms with Crippen LogP contribution in [0.25, 0.3) is 0 Å². The molecule has 0 aliphatic rings. The highest BCUT2D eigenvalue weighted by atomic mass is 79.9. The van der Waals surface area contributed by atoms with Gasteiger partial charge >= 0.3 is 0 Å². The Kier molecular flexibility index (Phi) is 4.35. The molecule has 0 radical (unpaired) electrons. The summed E-state index contributed by atoms with van der Waals surface area (Å²) in [6, 6.07) is 3.80. The number of halogens is 4. The number of carbonyl (C=O) groups is 1. The summed E-state index contributed by atoms with van der Waals surface area (Å²) in [7, 11) is 1.20. The first-order valence-electron chi connectivity index (χ1n) is 4.40. The predicted molar refractivity (Wildman–Crippen MR) is 57.1 cm³/mol. The van der Waals surface area contributed by atoms with Crippen LogP contribution in [0.1, 0.15) is 10.4 Å². The lowest BCUT2D eigenvalue weighted by molar-refractivity contribution is 0.0616. The molecule has 0 aliphatic carbocycles. The molecular weight excluding hydrogens is 287 g/mol. The summed E-state index contributed by atoms with van der Waals surface area (Å²) in [5.41, 5.74) is -0.225. The van der Waals surface area contributed by atoms with Crippen LogP contribution in [0.3, 0.4) is 0 Å². The third kappa shape index (κ3) is 3.23. The summed E-state index contributed by atoms with van der Waals surface area (Å²) >= 11 is 3.08. The van der Waals surface area contributed by atoms with E-state index in [-0.39, 0.29) is 5.56 Å². The molecule has 0 bridgehead atoms. The van der Waals surface area contributed by atoms with Crippen LogP contribution in [0, 0.1) is 5.82 Å². The predicted octanol–water partition coefficient (Wildman–Crippen LogP) is 2.93. The van der Waals surface area contributed by atoms with Crippen molar-refractivity contribution in [2.24, 2.45) is 0 Å². The maximum absolute atomic E-state index is 13.3. The van der Waals surface area contributed by atoms with Gasteiger partial charge < -0.3 is 4.90 Å². The van der Waals surface area contributed by atoms with Gasteiger partial charge in [0.25, 0.3) is 12.3 Å². The second kappa shape index (κ2) is 5.34. The van der Waals surface area contributed by atoms with Crippen molar-refractivity contribution in [2.45, 2.75) is 6.43 Å². The Labute approximate surface area is 99.2 Å². The van der Waals surface area contributed by atoms with Gasteiger partial charge in [0.15, 0.2) is 0 Å². The van der Waals surface area contributed by atoms with E-state index in [0.717, 1.165) is 11.0 Å². The average molecular weight is 296 g/mol. The molecule has 0 N–H and O–H groups in total. The SMILES string of the molecule is CN(CC(F)F)C(=O)c1cc(Br)ccc1F. The zero-order chi connectivity index (χ0) is 12.3. The molecule has 0 aliphatic heterocycles. The Morgan fingerprint density at radius 2 is 2.12 bits per heavy atom. The molecule has 6 heteroatoms. The standard InChI is InChI=1S/C10H9BrF3NO/c1-15(5-9(13)14)10(16)7-4-6(11)2-3-8(7)12/h2-4,9H,5H2,1H3. The normalized spacial score (nSPS) is 10.6. The number of carbonyl (C=O) groups excluding carboxylic acids is 1. The molecule has 1 aromatic rings. The number of hydrogen-bond donors (Lipinski definition) is 0. The molecule has 0 saturated carbocycles. The number of nitrogens with zero attached hydrogens (tertiary/aromatic N) is 1. The molecule has 16 heavy (non-hydrogen) atoms. The number of alkyl halides is 2. The molecule has 0 aromatic heterocycles. The monoisotopic (exact) mass is 295 g/mol. The van der Waals surface area contributed by atoms with Gasteiger partial charge in [-0.3, -0.25) is 4.79 Å². The van der Waals surface area contributed by atoms with Crippen molar-refractivity contribution in [2.75, 3.05) is 13.6 Å². The Balaban J connectivity index is 2.91. The zero-order valence-electron chi connectivity index (χ0n) is 8.38. The molecule has 0 fully saturated rings. The van der Waals surface area contributed by atoms with E-state index in [1.807, 2.05) is 0 Å². The number of amides is 1. The lowest BCUT2D eigenvalue weighted by atomic mass is 10.2. The molecule has 0 atom stereocenters. The fourth-order valence-electron chi connectivity index (χ4n) is 1.16. The van der Waals surface area contributed by atoms with Crippen LogP contribution in [0.5, 0.6) is 0 Å². The summed E-state index contributed by atoms with van der Waals surface area (Å²) in [6.07, 6.45) is -2.64. The minimum Gasteiger partial charge on any atom is -0.336 e. The van der Waals surface area contributed by atoms with Crippen LogP contribution in [-0.4, -0.2) is 30.8 Å². The molecular formula is C10H9BrF3NO. The van der Waals surface area contributed by atoms with Crippen LogP contribution in [0.15, 0.2) is 22.7 Å². The fraction of sp³-hybridized carbons (Fsp3) is 0.300. The van der Waals surface area contributed by atoms with E-state index in [2.05, 4.69) is 15.9 Å². The van der Waals surface area contributed by atoms with Gasteiger partial charge in [-0.2, -0.15) is 0 Å². The molecule has 0 saturated heterocycles. The van der Waals surface area contributed by atoms with Crippen molar-refractivity contribution in [3.63, 3.8) is 0 Å². The van der Waals surface area contributed by atoms with Crippen molar-refractivity contribution in [1.82, 2.24) is 4.90 Å². The summed E-state index contributed by atoms with van der Waals surface area (Å²) in [5, 5.41) is 0. The zero-order valence-corrected chi connectivity index (χ0v) is 9.97. The second-order valence-electron chi connectivity index (χ2n) is 3.20. The highest BCUT2D eigenvalue weighted by Crippen LogP contribution is 2.17. The number of rotatable bonds is 3. The maximum Gasteiger partial charge on any atom is 0.256 e. The van der Waals surface area contributed by atoms with Crippen LogP contribution in [0.2, 0.25) is 0 Å². The minimum absolute atomic E-state index is 0.225. The van der Waals surface area contributed by atoms with Crippen molar-refractivity contribution in [3.8, 4) is 0 Å². The van der Waals surface area contributed by atoms with E-state index in [4.69, 9.17) is 0 Å². The van der Waals surface area contributed by atoms with Gasteiger partial charge in [0.1, 0.15) is 5.82 Å². The summed E-state index contributed by atoms with van der Waals surface area (Å²) in [5.74, 6) is -1.49. The second-order valence-corrected chi connectivity index (χ2v) is 4.12. The smallest absolute Gasteiger partial charge is 0.256 e. The van der Waals surface area contributed by atoms with Gasteiger partial charge in [-0.1, -0.05) is 15.9 Å². The quantitative estimate of drug-likeness (QED) is 0.840. The molecule has 88 valence electrons. The highest BCUT2D eigenvalue weighted by Gasteiger charge is 2.19. The Morgan fingerprint density at radius 3 is 2.69 bits per heavy atom. The van der Waals surface area contributed by atoms with Gasteiger partial charge in [0.2, 0.25) is 0 Å². The Hall–Kier alpha value is -1.04. The van der Waals surface area contributed by atoms with Gasteiger partial charge in [-0.15, -0.1) is 0 Å². The van der Waals surface area contributed by atoms with E-state index >= 15 is 0 Å². The van der Waals surface area contributed by atoms with Gasteiger partial charge in [-0.25, -0.2) is 13.2 Å². The number of benzene rings is 1. The van der Waals surface area contributed by atoms with Crippen LogP contribution in [-0.2, 0) is 0 Å². The summed E-state index contributed by atoms with van der Waals surface area (Å²) in [6.45, 7) is -0.717. The molecule has 1 rings (SSSR count). The van der Waals surface area contributed by atoms with Crippen molar-refractivity contribution in [3.05, 3.63) is 34.1 Å². The molecule has 0 heterocycles. The van der Waals surface area contributed by atoms with E-state index in [1.165, 1.54) is 19.2 Å². The first kappa shape index (κ1) is 13.0.